The second-order valence-corrected chi connectivity index (χ2v) is 9.62. The molecule has 0 atom stereocenters. The highest BCUT2D eigenvalue weighted by atomic mass is 32.2. The number of anilines is 1. The minimum Gasteiger partial charge on any atom is -0.504 e. The molecule has 2 aliphatic rings. The van der Waals surface area contributed by atoms with Gasteiger partial charge in [0, 0.05) is 13.1 Å². The Kier molecular flexibility index (Phi) is 9.22. The number of likely N-dealkylation sites (tertiary alicyclic amines) is 1. The van der Waals surface area contributed by atoms with E-state index in [-0.39, 0.29) is 34.6 Å². The maximum Gasteiger partial charge on any atom is 0.387 e. The van der Waals surface area contributed by atoms with E-state index in [4.69, 9.17) is 4.74 Å². The topological polar surface area (TPSA) is 91.7 Å². The highest BCUT2D eigenvalue weighted by Gasteiger charge is 2.33. The van der Waals surface area contributed by atoms with Gasteiger partial charge in [0.25, 0.3) is 5.91 Å². The summed E-state index contributed by atoms with van der Waals surface area (Å²) in [4.78, 5) is 34.1. The number of nitrogens with zero attached hydrogens (tertiary/aromatic N) is 3. The first-order chi connectivity index (χ1) is 18.4. The van der Waals surface area contributed by atoms with Gasteiger partial charge < -0.3 is 19.5 Å². The third-order valence-electron chi connectivity index (χ3n) is 6.02. The highest BCUT2D eigenvalue weighted by Crippen LogP contribution is 2.33. The number of amides is 2. The SMILES string of the molecule is CCOc1cc(/C=C2/N=C(SCC(=O)N3CCCCCC3)N(c3ccc(OC(F)F)cc3)C2=O)ccc1O. The van der Waals surface area contributed by atoms with Crippen molar-refractivity contribution in [3.05, 3.63) is 53.7 Å². The third-order valence-corrected chi connectivity index (χ3v) is 6.94. The number of halogens is 2. The van der Waals surface area contributed by atoms with Crippen LogP contribution in [0.2, 0.25) is 0 Å². The lowest BCUT2D eigenvalue weighted by Gasteiger charge is -2.21. The van der Waals surface area contributed by atoms with Crippen LogP contribution in [0.15, 0.2) is 53.2 Å². The molecule has 1 saturated heterocycles. The van der Waals surface area contributed by atoms with E-state index < -0.39 is 12.5 Å². The lowest BCUT2D eigenvalue weighted by atomic mass is 10.1. The molecule has 2 heterocycles. The molecule has 8 nitrogen and oxygen atoms in total. The molecule has 4 rings (SSSR count). The summed E-state index contributed by atoms with van der Waals surface area (Å²) < 4.78 is 35.0. The lowest BCUT2D eigenvalue weighted by Crippen LogP contribution is -2.35. The van der Waals surface area contributed by atoms with E-state index in [1.807, 2.05) is 4.90 Å². The summed E-state index contributed by atoms with van der Waals surface area (Å²) in [5.41, 5.74) is 1.11. The first-order valence-electron chi connectivity index (χ1n) is 12.4. The molecule has 2 amide bonds. The molecular formula is C27H29F2N3O5S. The van der Waals surface area contributed by atoms with Gasteiger partial charge in [0.05, 0.1) is 18.0 Å². The van der Waals surface area contributed by atoms with Gasteiger partial charge >= 0.3 is 6.61 Å². The van der Waals surface area contributed by atoms with Gasteiger partial charge in [-0.25, -0.2) is 4.99 Å². The van der Waals surface area contributed by atoms with E-state index in [0.717, 1.165) is 37.4 Å². The van der Waals surface area contributed by atoms with Gasteiger partial charge in [-0.3, -0.25) is 14.5 Å². The van der Waals surface area contributed by atoms with Crippen molar-refractivity contribution < 1.29 is 33.0 Å². The van der Waals surface area contributed by atoms with E-state index >= 15 is 0 Å². The summed E-state index contributed by atoms with van der Waals surface area (Å²) in [6.07, 6.45) is 5.72. The number of amidine groups is 1. The van der Waals surface area contributed by atoms with Gasteiger partial charge in [-0.05, 0) is 67.8 Å². The Balaban J connectivity index is 1.60. The molecule has 0 saturated carbocycles. The summed E-state index contributed by atoms with van der Waals surface area (Å²) in [7, 11) is 0. The fourth-order valence-electron chi connectivity index (χ4n) is 4.18. The van der Waals surface area contributed by atoms with Gasteiger partial charge in [-0.1, -0.05) is 30.7 Å². The van der Waals surface area contributed by atoms with Crippen molar-refractivity contribution in [3.63, 3.8) is 0 Å². The van der Waals surface area contributed by atoms with Crippen molar-refractivity contribution >= 4 is 40.5 Å². The number of hydrogen-bond acceptors (Lipinski definition) is 7. The van der Waals surface area contributed by atoms with Crippen LogP contribution < -0.4 is 14.4 Å². The summed E-state index contributed by atoms with van der Waals surface area (Å²) >= 11 is 1.15. The molecule has 1 fully saturated rings. The quantitative estimate of drug-likeness (QED) is 0.455. The molecule has 2 aliphatic heterocycles. The Morgan fingerprint density at radius 2 is 1.84 bits per heavy atom. The average Bonchev–Trinajstić information content (AvgIpc) is 3.05. The molecule has 0 aliphatic carbocycles. The number of aromatic hydroxyl groups is 1. The first-order valence-corrected chi connectivity index (χ1v) is 13.4. The van der Waals surface area contributed by atoms with E-state index in [9.17, 15) is 23.5 Å². The number of aliphatic imine (C=N–C) groups is 1. The Bertz CT molecular complexity index is 1210. The third kappa shape index (κ3) is 6.83. The molecule has 1 N–H and O–H groups in total. The van der Waals surface area contributed by atoms with Crippen LogP contribution in [-0.4, -0.2) is 59.0 Å². The predicted molar refractivity (Wildman–Crippen MR) is 143 cm³/mol. The summed E-state index contributed by atoms with van der Waals surface area (Å²) in [6, 6.07) is 10.4. The van der Waals surface area contributed by atoms with Crippen molar-refractivity contribution in [2.75, 3.05) is 30.3 Å². The number of carbonyl (C=O) groups is 2. The molecule has 0 bridgehead atoms. The molecule has 0 radical (unpaired) electrons. The zero-order valence-corrected chi connectivity index (χ0v) is 21.8. The summed E-state index contributed by atoms with van der Waals surface area (Å²) in [5, 5.41) is 10.3. The molecule has 0 aromatic heterocycles. The van der Waals surface area contributed by atoms with E-state index in [1.54, 1.807) is 25.1 Å². The van der Waals surface area contributed by atoms with Crippen LogP contribution in [-0.2, 0) is 9.59 Å². The standard InChI is InChI=1S/C27H29F2N3O5S/c1-2-36-23-16-18(7-12-22(23)33)15-21-25(35)32(19-8-10-20(11-9-19)37-26(28)29)27(30-21)38-17-24(34)31-13-5-3-4-6-14-31/h7-12,15-16,26,33H,2-6,13-14,17H2,1H3/b21-15+. The van der Waals surface area contributed by atoms with Crippen LogP contribution in [0.4, 0.5) is 14.5 Å². The van der Waals surface area contributed by atoms with Crippen molar-refractivity contribution in [1.82, 2.24) is 4.90 Å². The minimum absolute atomic E-state index is 0.0220. The fourth-order valence-corrected chi connectivity index (χ4v) is 5.10. The normalized spacial score (nSPS) is 17.1. The number of thioether (sulfide) groups is 1. The number of hydrogen-bond donors (Lipinski definition) is 1. The Morgan fingerprint density at radius 3 is 2.50 bits per heavy atom. The summed E-state index contributed by atoms with van der Waals surface area (Å²) in [5.74, 6) is -0.142. The maximum atomic E-state index is 13.5. The van der Waals surface area contributed by atoms with Crippen molar-refractivity contribution in [2.45, 2.75) is 39.2 Å². The number of alkyl halides is 2. The van der Waals surface area contributed by atoms with Crippen LogP contribution in [0.25, 0.3) is 6.08 Å². The van der Waals surface area contributed by atoms with Crippen molar-refractivity contribution in [2.24, 2.45) is 4.99 Å². The van der Waals surface area contributed by atoms with Gasteiger partial charge in [0.15, 0.2) is 16.7 Å². The van der Waals surface area contributed by atoms with E-state index in [2.05, 4.69) is 9.73 Å². The van der Waals surface area contributed by atoms with Gasteiger partial charge in [-0.2, -0.15) is 8.78 Å². The fraction of sp³-hybridized carbons (Fsp3) is 0.370. The first kappa shape index (κ1) is 27.4. The molecule has 2 aromatic carbocycles. The lowest BCUT2D eigenvalue weighted by molar-refractivity contribution is -0.128. The zero-order valence-electron chi connectivity index (χ0n) is 20.9. The monoisotopic (exact) mass is 545 g/mol. The molecular weight excluding hydrogens is 516 g/mol. The Morgan fingerprint density at radius 1 is 1.13 bits per heavy atom. The van der Waals surface area contributed by atoms with Gasteiger partial charge in [0.2, 0.25) is 5.91 Å². The molecule has 0 unspecified atom stereocenters. The van der Waals surface area contributed by atoms with Crippen LogP contribution in [0.3, 0.4) is 0 Å². The Labute approximate surface area is 223 Å². The van der Waals surface area contributed by atoms with Crippen LogP contribution in [0.1, 0.15) is 38.2 Å². The minimum atomic E-state index is -2.96. The number of phenols is 1. The van der Waals surface area contributed by atoms with Crippen LogP contribution >= 0.6 is 11.8 Å². The van der Waals surface area contributed by atoms with Crippen LogP contribution in [0, 0.1) is 0 Å². The average molecular weight is 546 g/mol. The van der Waals surface area contributed by atoms with Gasteiger partial charge in [0.1, 0.15) is 11.4 Å². The maximum absolute atomic E-state index is 13.5. The molecule has 202 valence electrons. The van der Waals surface area contributed by atoms with Gasteiger partial charge in [-0.15, -0.1) is 0 Å². The van der Waals surface area contributed by atoms with Crippen molar-refractivity contribution in [3.8, 4) is 17.2 Å². The van der Waals surface area contributed by atoms with E-state index in [1.165, 1.54) is 35.2 Å². The van der Waals surface area contributed by atoms with Crippen molar-refractivity contribution in [1.29, 1.82) is 0 Å². The second kappa shape index (κ2) is 12.8. The number of carbonyl (C=O) groups excluding carboxylic acids is 2. The smallest absolute Gasteiger partial charge is 0.387 e. The second-order valence-electron chi connectivity index (χ2n) is 8.68. The summed E-state index contributed by atoms with van der Waals surface area (Å²) in [6.45, 7) is 0.618. The Hall–Kier alpha value is -3.60. The number of phenolic OH excluding ortho intramolecular Hbond substituents is 1. The van der Waals surface area contributed by atoms with Crippen LogP contribution in [0.5, 0.6) is 17.2 Å². The number of benzene rings is 2. The highest BCUT2D eigenvalue weighted by molar-refractivity contribution is 8.14. The zero-order chi connectivity index (χ0) is 27.1. The molecule has 2 aromatic rings. The van der Waals surface area contributed by atoms with E-state index in [0.29, 0.717) is 36.1 Å². The number of ether oxygens (including phenoxy) is 2. The molecule has 0 spiro atoms. The molecule has 38 heavy (non-hydrogen) atoms. The predicted octanol–water partition coefficient (Wildman–Crippen LogP) is 5.27. The number of rotatable bonds is 8. The largest absolute Gasteiger partial charge is 0.504 e. The molecule has 11 heteroatoms.